The van der Waals surface area contributed by atoms with Crippen LogP contribution in [0.3, 0.4) is 0 Å². The Labute approximate surface area is 119 Å². The van der Waals surface area contributed by atoms with Crippen LogP contribution >= 0.6 is 0 Å². The first-order valence-electron chi connectivity index (χ1n) is 6.17. The van der Waals surface area contributed by atoms with E-state index >= 15 is 0 Å². The highest BCUT2D eigenvalue weighted by atomic mass is 19.1. The van der Waals surface area contributed by atoms with Crippen molar-refractivity contribution in [1.29, 1.82) is 0 Å². The zero-order valence-electron chi connectivity index (χ0n) is 12.1. The molecule has 2 N–H and O–H groups in total. The second kappa shape index (κ2) is 8.69. The zero-order valence-corrected chi connectivity index (χ0v) is 12.1. The topological polar surface area (TPSA) is 52.3 Å². The van der Waals surface area contributed by atoms with Crippen molar-refractivity contribution in [2.45, 2.75) is 13.8 Å². The molecule has 1 aromatic rings. The Morgan fingerprint density at radius 1 is 1.35 bits per heavy atom. The van der Waals surface area contributed by atoms with Crippen molar-refractivity contribution in [3.05, 3.63) is 60.5 Å². The quantitative estimate of drug-likeness (QED) is 0.511. The van der Waals surface area contributed by atoms with Crippen LogP contribution in [0.25, 0.3) is 5.57 Å². The second-order valence-electron chi connectivity index (χ2n) is 3.52. The summed E-state index contributed by atoms with van der Waals surface area (Å²) in [5.74, 6) is -1.24. The summed E-state index contributed by atoms with van der Waals surface area (Å²) in [5.41, 5.74) is 6.76. The number of methoxy groups -OCH3 is 1. The van der Waals surface area contributed by atoms with Crippen molar-refractivity contribution in [2.24, 2.45) is 0 Å². The van der Waals surface area contributed by atoms with Crippen molar-refractivity contribution in [3.63, 3.8) is 0 Å². The summed E-state index contributed by atoms with van der Waals surface area (Å²) in [6.07, 6.45) is 2.83. The third-order valence-electron chi connectivity index (χ3n) is 2.32. The number of esters is 1. The van der Waals surface area contributed by atoms with Crippen LogP contribution in [0, 0.1) is 0 Å². The fraction of sp³-hybridized carbons (Fsp3) is 0.188. The molecule has 0 unspecified atom stereocenters. The van der Waals surface area contributed by atoms with Gasteiger partial charge < -0.3 is 10.5 Å². The second-order valence-corrected chi connectivity index (χ2v) is 3.52. The summed E-state index contributed by atoms with van der Waals surface area (Å²) in [5, 5.41) is 0. The first kappa shape index (κ1) is 17.6. The molecule has 0 saturated heterocycles. The fourth-order valence-corrected chi connectivity index (χ4v) is 1.52. The summed E-state index contributed by atoms with van der Waals surface area (Å²) >= 11 is 0. The van der Waals surface area contributed by atoms with Gasteiger partial charge in [-0.05, 0) is 18.2 Å². The Kier molecular flexibility index (Phi) is 7.67. The van der Waals surface area contributed by atoms with E-state index in [-0.39, 0.29) is 11.1 Å². The molecule has 4 heteroatoms. The van der Waals surface area contributed by atoms with E-state index in [0.717, 1.165) is 0 Å². The lowest BCUT2D eigenvalue weighted by molar-refractivity contribution is 0.0600. The number of carbonyl (C=O) groups is 1. The van der Waals surface area contributed by atoms with Gasteiger partial charge in [-0.2, -0.15) is 0 Å². The first-order valence-corrected chi connectivity index (χ1v) is 6.17. The molecule has 0 amide bonds. The molecule has 0 saturated carbocycles. The Morgan fingerprint density at radius 2 is 1.95 bits per heavy atom. The average Bonchev–Trinajstić information content (AvgIpc) is 2.45. The number of ether oxygens (including phenoxy) is 1. The average molecular weight is 277 g/mol. The fourth-order valence-electron chi connectivity index (χ4n) is 1.52. The lowest BCUT2D eigenvalue weighted by Crippen LogP contribution is -2.06. The monoisotopic (exact) mass is 277 g/mol. The molecule has 1 aromatic carbocycles. The van der Waals surface area contributed by atoms with Crippen molar-refractivity contribution >= 4 is 17.2 Å². The third kappa shape index (κ3) is 4.39. The van der Waals surface area contributed by atoms with E-state index in [1.165, 1.54) is 31.4 Å². The van der Waals surface area contributed by atoms with E-state index in [4.69, 9.17) is 5.73 Å². The molecule has 0 aliphatic carbocycles. The predicted molar refractivity (Wildman–Crippen MR) is 82.0 cm³/mol. The van der Waals surface area contributed by atoms with Crippen LogP contribution in [-0.2, 0) is 4.74 Å². The molecule has 20 heavy (non-hydrogen) atoms. The number of hydrogen-bond donors (Lipinski definition) is 1. The van der Waals surface area contributed by atoms with Crippen LogP contribution in [0.2, 0.25) is 0 Å². The van der Waals surface area contributed by atoms with E-state index in [0.29, 0.717) is 11.3 Å². The third-order valence-corrected chi connectivity index (χ3v) is 2.32. The molecule has 0 atom stereocenters. The molecule has 0 fully saturated rings. The van der Waals surface area contributed by atoms with E-state index in [1.807, 2.05) is 13.8 Å². The highest BCUT2D eigenvalue weighted by Gasteiger charge is 2.16. The number of rotatable bonds is 4. The van der Waals surface area contributed by atoms with E-state index in [9.17, 15) is 9.18 Å². The summed E-state index contributed by atoms with van der Waals surface area (Å²) in [6, 6.07) is 4.52. The molecule has 0 aliphatic rings. The molecule has 0 heterocycles. The molecular formula is C16H20FNO2. The summed E-state index contributed by atoms with van der Waals surface area (Å²) < 4.78 is 18.1. The highest BCUT2D eigenvalue weighted by Crippen LogP contribution is 2.28. The number of nitrogen functional groups attached to an aromatic ring is 1. The van der Waals surface area contributed by atoms with Crippen molar-refractivity contribution in [2.75, 3.05) is 12.8 Å². The SMILES string of the molecule is C=C/C=C(\C(=C)F)c1cc(N)ccc1C(=O)OC.CC. The van der Waals surface area contributed by atoms with E-state index in [1.54, 1.807) is 6.07 Å². The van der Waals surface area contributed by atoms with E-state index < -0.39 is 11.8 Å². The van der Waals surface area contributed by atoms with Crippen LogP contribution in [0.1, 0.15) is 29.8 Å². The summed E-state index contributed by atoms with van der Waals surface area (Å²) in [4.78, 5) is 11.6. The minimum absolute atomic E-state index is 0.151. The van der Waals surface area contributed by atoms with Crippen LogP contribution in [-0.4, -0.2) is 13.1 Å². The Balaban J connectivity index is 0.00000172. The lowest BCUT2D eigenvalue weighted by atomic mass is 9.98. The molecular weight excluding hydrogens is 257 g/mol. The largest absolute Gasteiger partial charge is 0.465 e. The maximum atomic E-state index is 13.4. The van der Waals surface area contributed by atoms with Gasteiger partial charge in [0.05, 0.1) is 12.7 Å². The summed E-state index contributed by atoms with van der Waals surface area (Å²) in [6.45, 7) is 10.7. The van der Waals surface area contributed by atoms with Gasteiger partial charge in [-0.3, -0.25) is 0 Å². The van der Waals surface area contributed by atoms with Crippen molar-refractivity contribution < 1.29 is 13.9 Å². The van der Waals surface area contributed by atoms with Gasteiger partial charge >= 0.3 is 5.97 Å². The number of allylic oxidation sites excluding steroid dienone is 4. The van der Waals surface area contributed by atoms with E-state index in [2.05, 4.69) is 17.9 Å². The van der Waals surface area contributed by atoms with Gasteiger partial charge in [-0.15, -0.1) is 0 Å². The van der Waals surface area contributed by atoms with Crippen molar-refractivity contribution in [3.8, 4) is 0 Å². The summed E-state index contributed by atoms with van der Waals surface area (Å²) in [7, 11) is 1.25. The van der Waals surface area contributed by atoms with Gasteiger partial charge in [0, 0.05) is 16.8 Å². The van der Waals surface area contributed by atoms with Crippen molar-refractivity contribution in [1.82, 2.24) is 0 Å². The number of nitrogens with two attached hydrogens (primary N) is 1. The van der Waals surface area contributed by atoms with Gasteiger partial charge in [-0.1, -0.05) is 39.2 Å². The van der Waals surface area contributed by atoms with Crippen LogP contribution in [0.15, 0.2) is 49.3 Å². The van der Waals surface area contributed by atoms with Gasteiger partial charge in [0.15, 0.2) is 0 Å². The molecule has 3 nitrogen and oxygen atoms in total. The van der Waals surface area contributed by atoms with Gasteiger partial charge in [0.1, 0.15) is 5.83 Å². The molecule has 108 valence electrons. The van der Waals surface area contributed by atoms with Gasteiger partial charge in [-0.25, -0.2) is 9.18 Å². The number of halogens is 1. The van der Waals surface area contributed by atoms with Crippen LogP contribution < -0.4 is 5.73 Å². The molecule has 1 rings (SSSR count). The van der Waals surface area contributed by atoms with Gasteiger partial charge in [0.25, 0.3) is 0 Å². The number of carbonyl (C=O) groups excluding carboxylic acids is 1. The predicted octanol–water partition coefficient (Wildman–Crippen LogP) is 4.13. The smallest absolute Gasteiger partial charge is 0.338 e. The molecule has 0 bridgehead atoms. The molecule has 0 radical (unpaired) electrons. The maximum Gasteiger partial charge on any atom is 0.338 e. The maximum absolute atomic E-state index is 13.4. The minimum Gasteiger partial charge on any atom is -0.465 e. The number of benzene rings is 1. The normalized spacial score (nSPS) is 10.1. The highest BCUT2D eigenvalue weighted by molar-refractivity contribution is 5.98. The Hall–Kier alpha value is -2.36. The lowest BCUT2D eigenvalue weighted by Gasteiger charge is -2.10. The zero-order chi connectivity index (χ0) is 15.7. The van der Waals surface area contributed by atoms with Crippen LogP contribution in [0.4, 0.5) is 10.1 Å². The molecule has 0 spiro atoms. The first-order chi connectivity index (χ1) is 9.51. The van der Waals surface area contributed by atoms with Gasteiger partial charge in [0.2, 0.25) is 0 Å². The Bertz CT molecular complexity index is 533. The standard InChI is InChI=1S/C14H14FNO2.C2H6/c1-4-5-11(9(2)15)13-8-10(16)6-7-12(13)14(17)18-3;1-2/h4-8H,1-2,16H2,3H3;1-2H3/b11-5+;. The number of hydrogen-bond acceptors (Lipinski definition) is 3. The number of anilines is 1. The molecule has 0 aliphatic heterocycles. The molecule has 0 aromatic heterocycles. The Morgan fingerprint density at radius 3 is 2.40 bits per heavy atom. The van der Waals surface area contributed by atoms with Crippen LogP contribution in [0.5, 0.6) is 0 Å². The minimum atomic E-state index is -0.675.